The molecule has 1 aromatic rings. The molecule has 0 saturated carbocycles. The van der Waals surface area contributed by atoms with E-state index in [1.54, 1.807) is 32.2 Å². The first-order chi connectivity index (χ1) is 25.7. The van der Waals surface area contributed by atoms with Crippen LogP contribution >= 0.6 is 0 Å². The third-order valence-corrected chi connectivity index (χ3v) is 11.4. The number of hydrogen-bond acceptors (Lipinski definition) is 15. The van der Waals surface area contributed by atoms with Crippen molar-refractivity contribution in [3.8, 4) is 0 Å². The molecule has 0 radical (unpaired) electrons. The average Bonchev–Trinajstić information content (AvgIpc) is 3.80. The second-order valence-electron chi connectivity index (χ2n) is 14.8. The van der Waals surface area contributed by atoms with E-state index in [-0.39, 0.29) is 50.3 Å². The zero-order valence-corrected chi connectivity index (χ0v) is 32.0. The highest BCUT2D eigenvalue weighted by Gasteiger charge is 2.57. The number of carbonyl (C=O) groups is 3. The number of hydrogen-bond donors (Lipinski definition) is 6. The number of aliphatic hydroxyl groups is 5. The minimum absolute atomic E-state index is 0.0133. The molecule has 1 aromatic heterocycles. The first-order valence-electron chi connectivity index (χ1n) is 18.5. The molecule has 6 N–H and O–H groups in total. The van der Waals surface area contributed by atoms with Crippen molar-refractivity contribution < 1.29 is 68.3 Å². The van der Waals surface area contributed by atoms with Gasteiger partial charge in [0.1, 0.15) is 36.7 Å². The van der Waals surface area contributed by atoms with E-state index in [0.717, 1.165) is 5.57 Å². The van der Waals surface area contributed by atoms with E-state index in [0.29, 0.717) is 6.42 Å². The largest absolute Gasteiger partial charge is 0.508 e. The van der Waals surface area contributed by atoms with Crippen LogP contribution in [0.5, 0.6) is 0 Å². The lowest BCUT2D eigenvalue weighted by Crippen LogP contribution is -2.58. The van der Waals surface area contributed by atoms with Crippen LogP contribution in [0, 0.1) is 23.7 Å². The van der Waals surface area contributed by atoms with Crippen LogP contribution in [0.3, 0.4) is 0 Å². The minimum atomic E-state index is -1.44. The second-order valence-corrected chi connectivity index (χ2v) is 14.8. The lowest BCUT2D eigenvalue weighted by Gasteiger charge is -2.41. The summed E-state index contributed by atoms with van der Waals surface area (Å²) in [6.45, 7) is 6.33. The van der Waals surface area contributed by atoms with E-state index in [2.05, 4.69) is 4.98 Å². The molecule has 1 aliphatic carbocycles. The van der Waals surface area contributed by atoms with Crippen molar-refractivity contribution in [3.05, 3.63) is 47.8 Å². The van der Waals surface area contributed by atoms with Gasteiger partial charge < -0.3 is 58.9 Å². The van der Waals surface area contributed by atoms with Gasteiger partial charge in [-0.25, -0.2) is 14.4 Å². The number of aliphatic hydroxyl groups excluding tert-OH is 5. The lowest BCUT2D eigenvalue weighted by molar-refractivity contribution is -0.173. The molecule has 3 heterocycles. The maximum Gasteiger partial charge on any atom is 0.508 e. The van der Waals surface area contributed by atoms with Crippen molar-refractivity contribution in [3.63, 3.8) is 0 Å². The number of aromatic amines is 1. The molecule has 1 spiro atoms. The standard InChI is InChI=1S/C38H58N2O14/c1-22-16-23(2)38-18-27(33(54-38)32(24(3)25(4)45)53-34(46)29-8-7-11-39-29)9-10-28(38)17-30(49-6)35(47)52-31(22)26(5)51-36(48)50-15-13-40(12-14-41)37(19-42,20-43)21-44/h7-11,16,22,24-28,30-33,39,41-45H,12-15,17-21H2,1-6H3/b23-16+/t22-,24-,25+,26-,27-,28?,30+,31+,32-,33-,38+/m1/s1. The van der Waals surface area contributed by atoms with Crippen LogP contribution in [-0.2, 0) is 33.2 Å². The Morgan fingerprint density at radius 1 is 1.07 bits per heavy atom. The van der Waals surface area contributed by atoms with Crippen LogP contribution in [0.4, 0.5) is 4.79 Å². The minimum Gasteiger partial charge on any atom is -0.456 e. The fraction of sp³-hybridized carbons (Fsp3) is 0.711. The number of carbonyl (C=O) groups excluding carboxylic acids is 3. The number of methoxy groups -OCH3 is 1. The van der Waals surface area contributed by atoms with E-state index in [9.17, 15) is 39.9 Å². The third-order valence-electron chi connectivity index (χ3n) is 11.4. The third kappa shape index (κ3) is 9.36. The molecule has 0 aromatic carbocycles. The van der Waals surface area contributed by atoms with Gasteiger partial charge in [0.2, 0.25) is 0 Å². The maximum absolute atomic E-state index is 13.6. The normalized spacial score (nSPS) is 30.3. The number of H-pyrrole nitrogens is 1. The summed E-state index contributed by atoms with van der Waals surface area (Å²) in [5.41, 5.74) is -1.25. The van der Waals surface area contributed by atoms with Gasteiger partial charge in [-0.2, -0.15) is 0 Å². The molecule has 2 bridgehead atoms. The quantitative estimate of drug-likeness (QED) is 0.0748. The number of esters is 2. The fourth-order valence-electron chi connectivity index (χ4n) is 7.85. The average molecular weight is 767 g/mol. The zero-order valence-electron chi connectivity index (χ0n) is 32.0. The van der Waals surface area contributed by atoms with Gasteiger partial charge in [-0.15, -0.1) is 0 Å². The summed E-state index contributed by atoms with van der Waals surface area (Å²) < 4.78 is 35.6. The molecule has 1 saturated heterocycles. The Bertz CT molecular complexity index is 1440. The first kappa shape index (κ1) is 43.4. The van der Waals surface area contributed by atoms with Crippen molar-refractivity contribution >= 4 is 18.1 Å². The van der Waals surface area contributed by atoms with Crippen molar-refractivity contribution in [2.24, 2.45) is 23.7 Å². The summed E-state index contributed by atoms with van der Waals surface area (Å²) in [5, 5.41) is 49.5. The zero-order chi connectivity index (χ0) is 39.8. The molecule has 4 rings (SSSR count). The predicted octanol–water partition coefficient (Wildman–Crippen LogP) is 1.35. The van der Waals surface area contributed by atoms with Gasteiger partial charge in [-0.1, -0.05) is 32.1 Å². The monoisotopic (exact) mass is 766 g/mol. The summed E-state index contributed by atoms with van der Waals surface area (Å²) in [6.07, 6.45) is 2.03. The van der Waals surface area contributed by atoms with Gasteiger partial charge in [0.25, 0.3) is 0 Å². The van der Waals surface area contributed by atoms with E-state index in [1.807, 2.05) is 39.0 Å². The van der Waals surface area contributed by atoms with Crippen LogP contribution < -0.4 is 0 Å². The number of nitrogens with zero attached hydrogens (tertiary/aromatic N) is 1. The predicted molar refractivity (Wildman–Crippen MR) is 192 cm³/mol. The Labute approximate surface area is 316 Å². The van der Waals surface area contributed by atoms with Gasteiger partial charge in [-0.3, -0.25) is 4.90 Å². The number of ether oxygens (including phenoxy) is 6. The number of aromatic nitrogens is 1. The van der Waals surface area contributed by atoms with Crippen LogP contribution in [0.1, 0.15) is 57.9 Å². The molecule has 3 aliphatic rings. The SMILES string of the molecule is CO[C@H]1CC2C=C[C@@H]3C[C@]2(O[C@H]3[C@H](OC(=O)c2ccc[nH]2)[C@H](C)[C@H](C)O)/C(C)=C/[C@@H](C)[C@@H]([C@@H](C)OC(=O)OCCN(CCO)C(CO)(CO)CO)OC1=O. The molecule has 1 unspecified atom stereocenters. The summed E-state index contributed by atoms with van der Waals surface area (Å²) in [7, 11) is 1.41. The van der Waals surface area contributed by atoms with Crippen molar-refractivity contribution in [1.82, 2.24) is 9.88 Å². The number of cyclic esters (lactones) is 1. The maximum atomic E-state index is 13.6. The summed E-state index contributed by atoms with van der Waals surface area (Å²) in [6, 6.07) is 3.31. The summed E-state index contributed by atoms with van der Waals surface area (Å²) in [5.74, 6) is -2.72. The highest BCUT2D eigenvalue weighted by atomic mass is 16.7. The van der Waals surface area contributed by atoms with Crippen LogP contribution in [0.25, 0.3) is 0 Å². The molecule has 11 atom stereocenters. The van der Waals surface area contributed by atoms with Gasteiger partial charge in [-0.05, 0) is 51.3 Å². The van der Waals surface area contributed by atoms with Crippen LogP contribution in [0.15, 0.2) is 42.1 Å². The molecular formula is C38H58N2O14. The second kappa shape index (κ2) is 19.0. The highest BCUT2D eigenvalue weighted by Crippen LogP contribution is 2.53. The molecule has 1 fully saturated rings. The van der Waals surface area contributed by atoms with Crippen LogP contribution in [0.2, 0.25) is 0 Å². The smallest absolute Gasteiger partial charge is 0.456 e. The van der Waals surface area contributed by atoms with Gasteiger partial charge in [0.05, 0.1) is 43.7 Å². The molecule has 16 nitrogen and oxygen atoms in total. The van der Waals surface area contributed by atoms with Gasteiger partial charge in [0, 0.05) is 50.1 Å². The fourth-order valence-corrected chi connectivity index (χ4v) is 7.85. The number of nitrogens with one attached hydrogen (secondary N) is 1. The first-order valence-corrected chi connectivity index (χ1v) is 18.5. The summed E-state index contributed by atoms with van der Waals surface area (Å²) in [4.78, 5) is 44.0. The molecular weight excluding hydrogens is 708 g/mol. The van der Waals surface area contributed by atoms with Crippen molar-refractivity contribution in [2.45, 2.75) is 95.2 Å². The topological polar surface area (TPSA) is 227 Å². The molecule has 304 valence electrons. The Morgan fingerprint density at radius 3 is 2.37 bits per heavy atom. The number of fused-ring (bicyclic) bond motifs is 1. The van der Waals surface area contributed by atoms with Crippen molar-refractivity contribution in [2.75, 3.05) is 53.2 Å². The summed E-state index contributed by atoms with van der Waals surface area (Å²) >= 11 is 0. The molecule has 2 aliphatic heterocycles. The van der Waals surface area contributed by atoms with Crippen LogP contribution in [-0.4, -0.2) is 155 Å². The molecule has 54 heavy (non-hydrogen) atoms. The Balaban J connectivity index is 1.56. The number of rotatable bonds is 17. The Kier molecular flexibility index (Phi) is 15.3. The Morgan fingerprint density at radius 2 is 1.78 bits per heavy atom. The van der Waals surface area contributed by atoms with E-state index in [4.69, 9.17) is 28.4 Å². The highest BCUT2D eigenvalue weighted by molar-refractivity contribution is 5.87. The van der Waals surface area contributed by atoms with Gasteiger partial charge in [0.15, 0.2) is 6.10 Å². The van der Waals surface area contributed by atoms with Crippen molar-refractivity contribution in [1.29, 1.82) is 0 Å². The van der Waals surface area contributed by atoms with E-state index in [1.165, 1.54) is 12.0 Å². The van der Waals surface area contributed by atoms with Gasteiger partial charge >= 0.3 is 18.1 Å². The molecule has 16 heteroatoms. The van der Waals surface area contributed by atoms with E-state index < -0.39 is 97.5 Å². The molecule has 0 amide bonds. The number of β-amino-alcohol motifs (C(OH)–C–C–N with tert-alkyl or cyclic N) is 1. The van der Waals surface area contributed by atoms with E-state index >= 15 is 0 Å². The Hall–Kier alpha value is -3.35. The lowest BCUT2D eigenvalue weighted by atomic mass is 9.69.